The zero-order chi connectivity index (χ0) is 24.8. The van der Waals surface area contributed by atoms with E-state index < -0.39 is 28.5 Å². The van der Waals surface area contributed by atoms with Crippen molar-refractivity contribution >= 4 is 33.4 Å². The first-order valence-electron chi connectivity index (χ1n) is 10.8. The highest BCUT2D eigenvalue weighted by Gasteiger charge is 2.30. The van der Waals surface area contributed by atoms with Crippen LogP contribution >= 0.6 is 11.6 Å². The molecule has 0 aliphatic carbocycles. The topological polar surface area (TPSA) is 86.8 Å². The Kier molecular flexibility index (Phi) is 9.46. The molecular weight excluding hydrogens is 462 g/mol. The predicted octanol–water partition coefficient (Wildman–Crippen LogP) is 3.46. The molecule has 1 N–H and O–H groups in total. The molecule has 0 aliphatic heterocycles. The summed E-state index contributed by atoms with van der Waals surface area (Å²) in [5, 5.41) is 3.27. The lowest BCUT2D eigenvalue weighted by Crippen LogP contribution is -2.51. The Bertz CT molecular complexity index is 1070. The number of nitrogens with one attached hydrogen (secondary N) is 1. The third-order valence-electron chi connectivity index (χ3n) is 5.33. The van der Waals surface area contributed by atoms with Gasteiger partial charge in [-0.15, -0.1) is 0 Å². The molecular formula is C24H32ClN3O4S. The van der Waals surface area contributed by atoms with Crippen LogP contribution < -0.4 is 5.32 Å². The van der Waals surface area contributed by atoms with E-state index in [1.54, 1.807) is 6.92 Å². The van der Waals surface area contributed by atoms with E-state index in [1.807, 2.05) is 45.0 Å². The Balaban J connectivity index is 2.27. The van der Waals surface area contributed by atoms with Gasteiger partial charge in [0.2, 0.25) is 21.8 Å². The summed E-state index contributed by atoms with van der Waals surface area (Å²) in [7, 11) is -2.56. The molecule has 0 saturated carbocycles. The SMILES string of the molecule is Cc1ccccc1CN(C(=O)CN(C)S(=O)(=O)c1ccc(Cl)cc1)[C@H](C)C(=O)NCC(C)C. The first-order valence-corrected chi connectivity index (χ1v) is 12.6. The van der Waals surface area contributed by atoms with Crippen LogP contribution in [0.1, 0.15) is 31.9 Å². The molecule has 0 spiro atoms. The van der Waals surface area contributed by atoms with Crippen LogP contribution in [0.25, 0.3) is 0 Å². The van der Waals surface area contributed by atoms with Gasteiger partial charge in [0, 0.05) is 25.2 Å². The van der Waals surface area contributed by atoms with E-state index in [0.717, 1.165) is 15.4 Å². The summed E-state index contributed by atoms with van der Waals surface area (Å²) in [6.45, 7) is 7.82. The van der Waals surface area contributed by atoms with Gasteiger partial charge in [-0.05, 0) is 55.2 Å². The standard InChI is InChI=1S/C24H32ClN3O4S/c1-17(2)14-26-24(30)19(4)28(15-20-9-7-6-8-18(20)3)23(29)16-27(5)33(31,32)22-12-10-21(25)11-13-22/h6-13,17,19H,14-16H2,1-5H3,(H,26,30)/t19-/m1/s1. The number of carbonyl (C=O) groups is 2. The smallest absolute Gasteiger partial charge is 0.243 e. The number of likely N-dealkylation sites (N-methyl/N-ethyl adjacent to an activating group) is 1. The predicted molar refractivity (Wildman–Crippen MR) is 130 cm³/mol. The summed E-state index contributed by atoms with van der Waals surface area (Å²) in [4.78, 5) is 27.5. The minimum atomic E-state index is -3.91. The lowest BCUT2D eigenvalue weighted by Gasteiger charge is -2.31. The van der Waals surface area contributed by atoms with Crippen molar-refractivity contribution in [3.05, 3.63) is 64.7 Å². The number of halogens is 1. The van der Waals surface area contributed by atoms with Gasteiger partial charge >= 0.3 is 0 Å². The van der Waals surface area contributed by atoms with Gasteiger partial charge in [0.1, 0.15) is 6.04 Å². The van der Waals surface area contributed by atoms with Gasteiger partial charge in [-0.2, -0.15) is 4.31 Å². The number of benzene rings is 2. The molecule has 0 aliphatic rings. The molecule has 0 saturated heterocycles. The fourth-order valence-electron chi connectivity index (χ4n) is 3.16. The minimum absolute atomic E-state index is 0.0374. The monoisotopic (exact) mass is 493 g/mol. The summed E-state index contributed by atoms with van der Waals surface area (Å²) in [5.74, 6) is -0.489. The number of nitrogens with zero attached hydrogens (tertiary/aromatic N) is 2. The molecule has 2 aromatic rings. The maximum atomic E-state index is 13.3. The molecule has 9 heteroatoms. The summed E-state index contributed by atoms with van der Waals surface area (Å²) >= 11 is 5.86. The van der Waals surface area contributed by atoms with Crippen LogP contribution in [0, 0.1) is 12.8 Å². The first kappa shape index (κ1) is 26.8. The van der Waals surface area contributed by atoms with Crippen LogP contribution in [0.15, 0.2) is 53.4 Å². The van der Waals surface area contributed by atoms with Gasteiger partial charge in [0.05, 0.1) is 11.4 Å². The van der Waals surface area contributed by atoms with Gasteiger partial charge in [-0.3, -0.25) is 9.59 Å². The van der Waals surface area contributed by atoms with Crippen molar-refractivity contribution in [2.75, 3.05) is 20.1 Å². The average Bonchev–Trinajstić information content (AvgIpc) is 2.76. The van der Waals surface area contributed by atoms with Gasteiger partial charge in [0.15, 0.2) is 0 Å². The Hall–Kier alpha value is -2.42. The summed E-state index contributed by atoms with van der Waals surface area (Å²) in [6.07, 6.45) is 0. The number of amides is 2. The average molecular weight is 494 g/mol. The maximum Gasteiger partial charge on any atom is 0.243 e. The second-order valence-corrected chi connectivity index (χ2v) is 11.0. The zero-order valence-corrected chi connectivity index (χ0v) is 21.3. The quantitative estimate of drug-likeness (QED) is 0.549. The normalized spacial score (nSPS) is 12.6. The fourth-order valence-corrected chi connectivity index (χ4v) is 4.41. The Morgan fingerprint density at radius 3 is 2.21 bits per heavy atom. The highest BCUT2D eigenvalue weighted by molar-refractivity contribution is 7.89. The van der Waals surface area contributed by atoms with Crippen LogP contribution in [-0.2, 0) is 26.2 Å². The molecule has 0 aromatic heterocycles. The minimum Gasteiger partial charge on any atom is -0.354 e. The van der Waals surface area contributed by atoms with Crippen molar-refractivity contribution in [3.8, 4) is 0 Å². The Morgan fingerprint density at radius 2 is 1.64 bits per heavy atom. The number of rotatable bonds is 10. The lowest BCUT2D eigenvalue weighted by molar-refractivity contribution is -0.140. The maximum absolute atomic E-state index is 13.3. The van der Waals surface area contributed by atoms with Crippen LogP contribution in [0.3, 0.4) is 0 Å². The first-order chi connectivity index (χ1) is 15.4. The number of aryl methyl sites for hydroxylation is 1. The summed E-state index contributed by atoms with van der Waals surface area (Å²) < 4.78 is 26.8. The van der Waals surface area contributed by atoms with E-state index in [-0.39, 0.29) is 23.3 Å². The third-order valence-corrected chi connectivity index (χ3v) is 7.40. The lowest BCUT2D eigenvalue weighted by atomic mass is 10.1. The second-order valence-electron chi connectivity index (χ2n) is 8.48. The highest BCUT2D eigenvalue weighted by atomic mass is 35.5. The zero-order valence-electron chi connectivity index (χ0n) is 19.7. The van der Waals surface area contributed by atoms with Crippen molar-refractivity contribution in [1.29, 1.82) is 0 Å². The van der Waals surface area contributed by atoms with Gasteiger partial charge in [-0.1, -0.05) is 49.7 Å². The number of hydrogen-bond donors (Lipinski definition) is 1. The van der Waals surface area contributed by atoms with Gasteiger partial charge < -0.3 is 10.2 Å². The molecule has 2 amide bonds. The molecule has 2 aromatic carbocycles. The van der Waals surface area contributed by atoms with E-state index >= 15 is 0 Å². The van der Waals surface area contributed by atoms with Gasteiger partial charge in [-0.25, -0.2) is 8.42 Å². The fraction of sp³-hybridized carbons (Fsp3) is 0.417. The summed E-state index contributed by atoms with van der Waals surface area (Å²) in [5.41, 5.74) is 1.87. The molecule has 0 bridgehead atoms. The van der Waals surface area contributed by atoms with Crippen molar-refractivity contribution < 1.29 is 18.0 Å². The molecule has 0 unspecified atom stereocenters. The molecule has 7 nitrogen and oxygen atoms in total. The number of carbonyl (C=O) groups excluding carboxylic acids is 2. The van der Waals surface area contributed by atoms with E-state index in [1.165, 1.54) is 36.2 Å². The van der Waals surface area contributed by atoms with E-state index in [2.05, 4.69) is 5.32 Å². The summed E-state index contributed by atoms with van der Waals surface area (Å²) in [6, 6.07) is 12.6. The largest absolute Gasteiger partial charge is 0.354 e. The highest BCUT2D eigenvalue weighted by Crippen LogP contribution is 2.19. The van der Waals surface area contributed by atoms with Crippen molar-refractivity contribution in [2.45, 2.75) is 45.2 Å². The van der Waals surface area contributed by atoms with Crippen molar-refractivity contribution in [3.63, 3.8) is 0 Å². The van der Waals surface area contributed by atoms with E-state index in [0.29, 0.717) is 11.6 Å². The van der Waals surface area contributed by atoms with Crippen LogP contribution in [0.4, 0.5) is 0 Å². The molecule has 180 valence electrons. The third kappa shape index (κ3) is 7.28. The molecule has 0 fully saturated rings. The molecule has 33 heavy (non-hydrogen) atoms. The van der Waals surface area contributed by atoms with E-state index in [4.69, 9.17) is 11.6 Å². The van der Waals surface area contributed by atoms with Crippen molar-refractivity contribution in [2.24, 2.45) is 5.92 Å². The van der Waals surface area contributed by atoms with Crippen LogP contribution in [-0.4, -0.2) is 55.6 Å². The van der Waals surface area contributed by atoms with Crippen LogP contribution in [0.2, 0.25) is 5.02 Å². The van der Waals surface area contributed by atoms with Crippen molar-refractivity contribution in [1.82, 2.24) is 14.5 Å². The Labute approximate surface area is 201 Å². The molecule has 0 radical (unpaired) electrons. The van der Waals surface area contributed by atoms with E-state index in [9.17, 15) is 18.0 Å². The Morgan fingerprint density at radius 1 is 1.03 bits per heavy atom. The number of sulfonamides is 1. The van der Waals surface area contributed by atoms with Crippen LogP contribution in [0.5, 0.6) is 0 Å². The molecule has 1 atom stereocenters. The van der Waals surface area contributed by atoms with Gasteiger partial charge in [0.25, 0.3) is 0 Å². The molecule has 2 rings (SSSR count). The molecule has 0 heterocycles. The second kappa shape index (κ2) is 11.6. The number of hydrogen-bond acceptors (Lipinski definition) is 4.